The van der Waals surface area contributed by atoms with Crippen LogP contribution >= 0.6 is 0 Å². The van der Waals surface area contributed by atoms with Crippen molar-refractivity contribution in [2.24, 2.45) is 0 Å². The van der Waals surface area contributed by atoms with Crippen LogP contribution in [0.25, 0.3) is 71.5 Å². The van der Waals surface area contributed by atoms with Gasteiger partial charge in [-0.1, -0.05) is 121 Å². The molecule has 8 rings (SSSR count). The molecule has 0 saturated heterocycles. The molecule has 0 aliphatic rings. The zero-order valence-electron chi connectivity index (χ0n) is 24.6. The standard InChI is InChI=1S/C34H21N3/c1-2-12-24(13-3-1)31-29-16-8-9-17-30(29)35-34(36-31)37-32-25-14-6-4-10-22(25)18-20-27(32)28-21-19-23-11-5-7-15-26(23)33(28)37/h1-21H/i1D,2D,3D,12D,13D. The molecule has 0 spiro atoms. The molecule has 8 aromatic rings. The molecule has 2 heterocycles. The lowest BCUT2D eigenvalue weighted by atomic mass is 10.0. The van der Waals surface area contributed by atoms with E-state index in [-0.39, 0.29) is 17.6 Å². The van der Waals surface area contributed by atoms with Gasteiger partial charge in [0.05, 0.1) is 29.1 Å². The minimum Gasteiger partial charge on any atom is -0.277 e. The van der Waals surface area contributed by atoms with E-state index in [1.54, 1.807) is 0 Å². The van der Waals surface area contributed by atoms with Crippen LogP contribution in [0.3, 0.4) is 0 Å². The molecule has 0 radical (unpaired) electrons. The summed E-state index contributed by atoms with van der Waals surface area (Å²) in [5, 5.41) is 6.93. The Labute approximate surface area is 220 Å². The van der Waals surface area contributed by atoms with Gasteiger partial charge in [0, 0.05) is 32.5 Å². The highest BCUT2D eigenvalue weighted by Gasteiger charge is 2.20. The predicted octanol–water partition coefficient (Wildman–Crippen LogP) is 8.70. The fourth-order valence-electron chi connectivity index (χ4n) is 5.46. The van der Waals surface area contributed by atoms with Gasteiger partial charge in [0.1, 0.15) is 0 Å². The van der Waals surface area contributed by atoms with E-state index < -0.39 is 18.1 Å². The van der Waals surface area contributed by atoms with Gasteiger partial charge in [-0.25, -0.2) is 9.97 Å². The lowest BCUT2D eigenvalue weighted by Gasteiger charge is -2.13. The lowest BCUT2D eigenvalue weighted by molar-refractivity contribution is 1.02. The zero-order chi connectivity index (χ0) is 28.7. The minimum atomic E-state index is -0.437. The molecule has 0 bridgehead atoms. The summed E-state index contributed by atoms with van der Waals surface area (Å²) >= 11 is 0. The molecule has 3 heteroatoms. The summed E-state index contributed by atoms with van der Waals surface area (Å²) < 4.78 is 44.3. The van der Waals surface area contributed by atoms with Gasteiger partial charge in [-0.2, -0.15) is 0 Å². The van der Waals surface area contributed by atoms with Gasteiger partial charge >= 0.3 is 0 Å². The van der Waals surface area contributed by atoms with Crippen molar-refractivity contribution < 1.29 is 6.85 Å². The number of aromatic nitrogens is 3. The van der Waals surface area contributed by atoms with Gasteiger partial charge in [-0.05, 0) is 16.8 Å². The summed E-state index contributed by atoms with van der Waals surface area (Å²) in [5.41, 5.74) is 2.85. The van der Waals surface area contributed by atoms with Crippen molar-refractivity contribution in [1.29, 1.82) is 0 Å². The molecule has 0 saturated carbocycles. The van der Waals surface area contributed by atoms with Crippen LogP contribution in [0.1, 0.15) is 6.85 Å². The highest BCUT2D eigenvalue weighted by Crippen LogP contribution is 2.39. The van der Waals surface area contributed by atoms with Gasteiger partial charge in [-0.15, -0.1) is 0 Å². The average Bonchev–Trinajstić information content (AvgIpc) is 3.38. The Morgan fingerprint density at radius 1 is 0.514 bits per heavy atom. The topological polar surface area (TPSA) is 30.7 Å². The van der Waals surface area contributed by atoms with Gasteiger partial charge < -0.3 is 0 Å². The Morgan fingerprint density at radius 3 is 1.73 bits per heavy atom. The number of benzene rings is 6. The minimum absolute atomic E-state index is 0.0522. The zero-order valence-corrected chi connectivity index (χ0v) is 19.6. The Morgan fingerprint density at radius 2 is 1.08 bits per heavy atom. The first-order chi connectivity index (χ1) is 20.4. The lowest BCUT2D eigenvalue weighted by Crippen LogP contribution is -2.04. The maximum Gasteiger partial charge on any atom is 0.235 e. The largest absolute Gasteiger partial charge is 0.277 e. The van der Waals surface area contributed by atoms with Crippen LogP contribution in [0.4, 0.5) is 0 Å². The molecule has 0 fully saturated rings. The predicted molar refractivity (Wildman–Crippen MR) is 154 cm³/mol. The number of hydrogen-bond acceptors (Lipinski definition) is 2. The number of rotatable bonds is 2. The summed E-state index contributed by atoms with van der Waals surface area (Å²) in [4.78, 5) is 10.1. The Balaban J connectivity index is 1.61. The van der Waals surface area contributed by atoms with Crippen LogP contribution in [0.2, 0.25) is 0 Å². The second-order valence-corrected chi connectivity index (χ2v) is 9.09. The van der Waals surface area contributed by atoms with E-state index in [0.717, 1.165) is 43.4 Å². The summed E-state index contributed by atoms with van der Waals surface area (Å²) in [6.45, 7) is 0. The van der Waals surface area contributed by atoms with Crippen LogP contribution < -0.4 is 0 Å². The first-order valence-electron chi connectivity index (χ1n) is 14.6. The third kappa shape index (κ3) is 2.95. The first-order valence-corrected chi connectivity index (χ1v) is 12.1. The normalized spacial score (nSPS) is 13.7. The molecule has 0 N–H and O–H groups in total. The number of nitrogens with zero attached hydrogens (tertiary/aromatic N) is 3. The van der Waals surface area contributed by atoms with Crippen LogP contribution in [0.5, 0.6) is 0 Å². The third-order valence-electron chi connectivity index (χ3n) is 7.07. The fourth-order valence-corrected chi connectivity index (χ4v) is 5.46. The average molecular weight is 477 g/mol. The van der Waals surface area contributed by atoms with Crippen LogP contribution in [-0.2, 0) is 0 Å². The molecule has 0 atom stereocenters. The smallest absolute Gasteiger partial charge is 0.235 e. The van der Waals surface area contributed by atoms with Crippen LogP contribution in [0, 0.1) is 0 Å². The molecule has 0 unspecified atom stereocenters. The maximum absolute atomic E-state index is 8.73. The summed E-state index contributed by atoms with van der Waals surface area (Å²) in [6, 6.07) is 30.5. The summed E-state index contributed by atoms with van der Waals surface area (Å²) in [6.07, 6.45) is 0. The Kier molecular flexibility index (Phi) is 3.32. The highest BCUT2D eigenvalue weighted by molar-refractivity contribution is 6.23. The van der Waals surface area contributed by atoms with Gasteiger partial charge in [-0.3, -0.25) is 4.57 Å². The van der Waals surface area contributed by atoms with Crippen molar-refractivity contribution in [3.63, 3.8) is 0 Å². The van der Waals surface area contributed by atoms with Crippen molar-refractivity contribution >= 4 is 54.3 Å². The summed E-state index contributed by atoms with van der Waals surface area (Å²) in [5.74, 6) is 0.364. The first kappa shape index (κ1) is 15.9. The second kappa shape index (κ2) is 7.74. The molecule has 0 aliphatic carbocycles. The molecular weight excluding hydrogens is 450 g/mol. The highest BCUT2D eigenvalue weighted by atomic mass is 15.2. The van der Waals surface area contributed by atoms with Gasteiger partial charge in [0.25, 0.3) is 0 Å². The van der Waals surface area contributed by atoms with Gasteiger partial charge in [0.15, 0.2) is 0 Å². The molecule has 172 valence electrons. The van der Waals surface area contributed by atoms with Crippen LogP contribution in [0.15, 0.2) is 127 Å². The molecular formula is C34H21N3. The van der Waals surface area contributed by atoms with E-state index in [4.69, 9.17) is 16.8 Å². The number of para-hydroxylation sites is 1. The van der Waals surface area contributed by atoms with Crippen molar-refractivity contribution in [2.75, 3.05) is 0 Å². The monoisotopic (exact) mass is 476 g/mol. The van der Waals surface area contributed by atoms with Gasteiger partial charge in [0.2, 0.25) is 5.95 Å². The molecule has 2 aromatic heterocycles. The molecule has 37 heavy (non-hydrogen) atoms. The van der Waals surface area contributed by atoms with Crippen LogP contribution in [-0.4, -0.2) is 14.5 Å². The molecule has 6 aromatic carbocycles. The summed E-state index contributed by atoms with van der Waals surface area (Å²) in [7, 11) is 0. The quantitative estimate of drug-likeness (QED) is 0.250. The number of fused-ring (bicyclic) bond motifs is 8. The van der Waals surface area contributed by atoms with E-state index in [2.05, 4.69) is 53.1 Å². The number of hydrogen-bond donors (Lipinski definition) is 0. The van der Waals surface area contributed by atoms with E-state index in [1.165, 1.54) is 0 Å². The SMILES string of the molecule is [2H]c1c([2H])c([2H])c(-c2nc(-n3c4c5ccccc5ccc4c4ccc5ccccc5c43)nc3ccccc23)c([2H])c1[2H]. The van der Waals surface area contributed by atoms with E-state index in [0.29, 0.717) is 22.5 Å². The molecule has 0 amide bonds. The maximum atomic E-state index is 8.73. The Hall–Kier alpha value is -5.02. The van der Waals surface area contributed by atoms with Crippen molar-refractivity contribution in [1.82, 2.24) is 14.5 Å². The van der Waals surface area contributed by atoms with E-state index >= 15 is 0 Å². The van der Waals surface area contributed by atoms with Crippen molar-refractivity contribution in [3.8, 4) is 17.2 Å². The molecule has 3 nitrogen and oxygen atoms in total. The second-order valence-electron chi connectivity index (χ2n) is 9.09. The fraction of sp³-hybridized carbons (Fsp3) is 0. The molecule has 0 aliphatic heterocycles. The Bertz CT molecular complexity index is 2310. The van der Waals surface area contributed by atoms with E-state index in [1.807, 2.05) is 48.5 Å². The van der Waals surface area contributed by atoms with Crippen molar-refractivity contribution in [3.05, 3.63) is 127 Å². The van der Waals surface area contributed by atoms with Crippen molar-refractivity contribution in [2.45, 2.75) is 0 Å². The van der Waals surface area contributed by atoms with E-state index in [9.17, 15) is 0 Å². The third-order valence-corrected chi connectivity index (χ3v) is 7.07.